The van der Waals surface area contributed by atoms with Gasteiger partial charge in [-0.15, -0.1) is 0 Å². The topological polar surface area (TPSA) is 80.6 Å². The molecule has 1 aromatic heterocycles. The Morgan fingerprint density at radius 3 is 2.44 bits per heavy atom. The summed E-state index contributed by atoms with van der Waals surface area (Å²) in [4.78, 5) is 39.3. The zero-order chi connectivity index (χ0) is 24.6. The first-order valence-corrected chi connectivity index (χ1v) is 10.7. The number of ether oxygens (including phenoxy) is 1. The predicted molar refractivity (Wildman–Crippen MR) is 129 cm³/mol. The summed E-state index contributed by atoms with van der Waals surface area (Å²) in [5, 5.41) is 2.43. The van der Waals surface area contributed by atoms with Gasteiger partial charge in [0.15, 0.2) is 5.11 Å². The molecule has 0 aliphatic carbocycles. The van der Waals surface area contributed by atoms with Crippen LogP contribution in [-0.2, 0) is 14.3 Å². The number of methoxy groups -OCH3 is 1. The molecule has 0 atom stereocenters. The summed E-state index contributed by atoms with van der Waals surface area (Å²) in [6.07, 6.45) is 1.48. The van der Waals surface area contributed by atoms with E-state index in [-0.39, 0.29) is 10.7 Å². The molecule has 2 heterocycles. The van der Waals surface area contributed by atoms with E-state index in [1.54, 1.807) is 24.3 Å². The van der Waals surface area contributed by atoms with Gasteiger partial charge in [-0.1, -0.05) is 12.1 Å². The second kappa shape index (κ2) is 9.03. The molecule has 9 heteroatoms. The van der Waals surface area contributed by atoms with Gasteiger partial charge in [0.05, 0.1) is 24.0 Å². The number of rotatable bonds is 4. The monoisotopic (exact) mass is 477 g/mol. The molecule has 0 unspecified atom stereocenters. The summed E-state index contributed by atoms with van der Waals surface area (Å²) in [6, 6.07) is 14.0. The van der Waals surface area contributed by atoms with Crippen LogP contribution in [0.4, 0.5) is 10.1 Å². The van der Waals surface area contributed by atoms with E-state index in [2.05, 4.69) is 5.32 Å². The predicted octanol–water partition coefficient (Wildman–Crippen LogP) is 3.85. The van der Waals surface area contributed by atoms with Crippen molar-refractivity contribution >= 4 is 46.9 Å². The highest BCUT2D eigenvalue weighted by atomic mass is 32.1. The molecule has 3 aromatic rings. The number of nitrogens with zero attached hydrogens (tertiary/aromatic N) is 2. The van der Waals surface area contributed by atoms with Crippen LogP contribution in [0.2, 0.25) is 0 Å². The Hall–Kier alpha value is -4.11. The molecule has 0 saturated carbocycles. The zero-order valence-electron chi connectivity index (χ0n) is 18.6. The lowest BCUT2D eigenvalue weighted by molar-refractivity contribution is -0.122. The standard InChI is InChI=1S/C25H20FN3O4S/c1-14-12-16(15(2)28(14)21-7-5-4-6-19(21)24(32)33-3)13-20-22(30)27-25(34)29(23(20)31)18-10-8-17(26)9-11-18/h4-13H,1-3H3,(H,27,30,34). The largest absolute Gasteiger partial charge is 0.465 e. The highest BCUT2D eigenvalue weighted by Gasteiger charge is 2.34. The van der Waals surface area contributed by atoms with Crippen molar-refractivity contribution in [2.24, 2.45) is 0 Å². The lowest BCUT2D eigenvalue weighted by atomic mass is 10.1. The number of carbonyl (C=O) groups is 3. The van der Waals surface area contributed by atoms with Crippen molar-refractivity contribution in [2.75, 3.05) is 12.0 Å². The first-order chi connectivity index (χ1) is 16.2. The average molecular weight is 478 g/mol. The van der Waals surface area contributed by atoms with Gasteiger partial charge in [-0.05, 0) is 80.2 Å². The number of para-hydroxylation sites is 1. The Morgan fingerprint density at radius 1 is 1.09 bits per heavy atom. The van der Waals surface area contributed by atoms with Crippen molar-refractivity contribution < 1.29 is 23.5 Å². The van der Waals surface area contributed by atoms with E-state index in [4.69, 9.17) is 17.0 Å². The van der Waals surface area contributed by atoms with E-state index in [9.17, 15) is 18.8 Å². The number of hydrogen-bond donors (Lipinski definition) is 1. The first kappa shape index (κ1) is 23.1. The Kier molecular flexibility index (Phi) is 6.12. The fraction of sp³-hybridized carbons (Fsp3) is 0.120. The van der Waals surface area contributed by atoms with Crippen LogP contribution in [0.15, 0.2) is 60.2 Å². The molecule has 1 fully saturated rings. The molecule has 1 aliphatic rings. The van der Waals surface area contributed by atoms with Crippen molar-refractivity contribution in [3.05, 3.63) is 88.5 Å². The molecule has 1 aliphatic heterocycles. The summed E-state index contributed by atoms with van der Waals surface area (Å²) >= 11 is 5.18. The quantitative estimate of drug-likeness (QED) is 0.267. The third-order valence-electron chi connectivity index (χ3n) is 5.51. The number of halogens is 1. The number of thiocarbonyl (C=S) groups is 1. The number of esters is 1. The molecule has 1 saturated heterocycles. The lowest BCUT2D eigenvalue weighted by Crippen LogP contribution is -2.54. The average Bonchev–Trinajstić information content (AvgIpc) is 3.09. The van der Waals surface area contributed by atoms with E-state index in [0.29, 0.717) is 28.2 Å². The van der Waals surface area contributed by atoms with E-state index in [1.165, 1.54) is 37.5 Å². The summed E-state index contributed by atoms with van der Waals surface area (Å²) in [6.45, 7) is 3.67. The van der Waals surface area contributed by atoms with Crippen LogP contribution >= 0.6 is 12.2 Å². The van der Waals surface area contributed by atoms with Gasteiger partial charge in [0, 0.05) is 11.4 Å². The van der Waals surface area contributed by atoms with E-state index in [1.807, 2.05) is 24.5 Å². The zero-order valence-corrected chi connectivity index (χ0v) is 19.4. The van der Waals surface area contributed by atoms with Gasteiger partial charge < -0.3 is 9.30 Å². The molecule has 7 nitrogen and oxygen atoms in total. The molecule has 172 valence electrons. The van der Waals surface area contributed by atoms with Crippen molar-refractivity contribution in [1.29, 1.82) is 0 Å². The Labute approximate surface area is 200 Å². The SMILES string of the molecule is COC(=O)c1ccccc1-n1c(C)cc(C=C2C(=O)NC(=S)N(c3ccc(F)cc3)C2=O)c1C. The van der Waals surface area contributed by atoms with Crippen LogP contribution in [-0.4, -0.2) is 34.6 Å². The van der Waals surface area contributed by atoms with Gasteiger partial charge in [-0.25, -0.2) is 9.18 Å². The molecule has 34 heavy (non-hydrogen) atoms. The summed E-state index contributed by atoms with van der Waals surface area (Å²) in [7, 11) is 1.31. The molecule has 2 amide bonds. The van der Waals surface area contributed by atoms with Crippen LogP contribution < -0.4 is 10.2 Å². The highest BCUT2D eigenvalue weighted by Crippen LogP contribution is 2.27. The minimum atomic E-state index is -0.631. The fourth-order valence-corrected chi connectivity index (χ4v) is 4.17. The van der Waals surface area contributed by atoms with Crippen LogP contribution in [0.3, 0.4) is 0 Å². The van der Waals surface area contributed by atoms with Crippen LogP contribution in [0.25, 0.3) is 11.8 Å². The van der Waals surface area contributed by atoms with Gasteiger partial charge in [0.2, 0.25) is 0 Å². The molecule has 2 aromatic carbocycles. The Balaban J connectivity index is 1.79. The van der Waals surface area contributed by atoms with Crippen molar-refractivity contribution in [2.45, 2.75) is 13.8 Å². The van der Waals surface area contributed by atoms with E-state index in [0.717, 1.165) is 10.6 Å². The molecule has 0 radical (unpaired) electrons. The smallest absolute Gasteiger partial charge is 0.339 e. The molecule has 1 N–H and O–H groups in total. The maximum Gasteiger partial charge on any atom is 0.339 e. The minimum absolute atomic E-state index is 0.0868. The first-order valence-electron chi connectivity index (χ1n) is 10.3. The number of nitrogens with one attached hydrogen (secondary N) is 1. The van der Waals surface area contributed by atoms with Gasteiger partial charge in [0.25, 0.3) is 11.8 Å². The highest BCUT2D eigenvalue weighted by molar-refractivity contribution is 7.80. The van der Waals surface area contributed by atoms with E-state index >= 15 is 0 Å². The third-order valence-corrected chi connectivity index (χ3v) is 5.79. The van der Waals surface area contributed by atoms with Crippen LogP contribution in [0, 0.1) is 19.7 Å². The summed E-state index contributed by atoms with van der Waals surface area (Å²) < 4.78 is 20.1. The maximum atomic E-state index is 13.4. The molecule has 0 spiro atoms. The minimum Gasteiger partial charge on any atom is -0.465 e. The number of aryl methyl sites for hydroxylation is 1. The van der Waals surface area contributed by atoms with Gasteiger partial charge in [0.1, 0.15) is 11.4 Å². The lowest BCUT2D eigenvalue weighted by Gasteiger charge is -2.28. The summed E-state index contributed by atoms with van der Waals surface area (Å²) in [5.41, 5.74) is 3.31. The van der Waals surface area contributed by atoms with Gasteiger partial charge in [-0.2, -0.15) is 0 Å². The molecular weight excluding hydrogens is 457 g/mol. The summed E-state index contributed by atoms with van der Waals surface area (Å²) in [5.74, 6) is -2.19. The van der Waals surface area contributed by atoms with Crippen molar-refractivity contribution in [1.82, 2.24) is 9.88 Å². The van der Waals surface area contributed by atoms with Gasteiger partial charge in [-0.3, -0.25) is 19.8 Å². The number of carbonyl (C=O) groups excluding carboxylic acids is 3. The Bertz CT molecular complexity index is 1380. The number of amides is 2. The van der Waals surface area contributed by atoms with Crippen molar-refractivity contribution in [3.63, 3.8) is 0 Å². The number of hydrogen-bond acceptors (Lipinski definition) is 5. The van der Waals surface area contributed by atoms with Crippen molar-refractivity contribution in [3.8, 4) is 5.69 Å². The third kappa shape index (κ3) is 4.01. The fourth-order valence-electron chi connectivity index (χ4n) is 3.89. The van der Waals surface area contributed by atoms with Gasteiger partial charge >= 0.3 is 5.97 Å². The molecule has 4 rings (SSSR count). The van der Waals surface area contributed by atoms with E-state index < -0.39 is 23.6 Å². The Morgan fingerprint density at radius 2 is 1.76 bits per heavy atom. The maximum absolute atomic E-state index is 13.4. The molecular formula is C25H20FN3O4S. The second-order valence-corrected chi connectivity index (χ2v) is 7.99. The number of anilines is 1. The molecule has 0 bridgehead atoms. The van der Waals surface area contributed by atoms with Crippen LogP contribution in [0.1, 0.15) is 27.3 Å². The second-order valence-electron chi connectivity index (χ2n) is 7.60. The number of benzene rings is 2. The number of aromatic nitrogens is 1. The normalized spacial score (nSPS) is 15.0. The van der Waals surface area contributed by atoms with Crippen LogP contribution in [0.5, 0.6) is 0 Å².